The van der Waals surface area contributed by atoms with Gasteiger partial charge in [0.2, 0.25) is 0 Å². The number of benzene rings is 1. The molecule has 7 heteroatoms. The molecule has 0 aliphatic carbocycles. The Balaban J connectivity index is 1.80. The third-order valence-corrected chi connectivity index (χ3v) is 3.61. The molecule has 0 radical (unpaired) electrons. The monoisotopic (exact) mass is 329 g/mol. The van der Waals surface area contributed by atoms with E-state index in [1.54, 1.807) is 22.9 Å². The largest absolute Gasteiger partial charge is 0.491 e. The minimum Gasteiger partial charge on any atom is -0.491 e. The number of hydrogen-bond acceptors (Lipinski definition) is 4. The van der Waals surface area contributed by atoms with E-state index < -0.39 is 6.10 Å². The van der Waals surface area contributed by atoms with Crippen molar-refractivity contribution in [3.8, 4) is 5.75 Å². The molecule has 0 aliphatic heterocycles. The summed E-state index contributed by atoms with van der Waals surface area (Å²) >= 11 is 11.7. The highest BCUT2D eigenvalue weighted by Crippen LogP contribution is 2.26. The van der Waals surface area contributed by atoms with Crippen molar-refractivity contribution in [1.82, 2.24) is 9.78 Å². The van der Waals surface area contributed by atoms with E-state index in [9.17, 15) is 5.11 Å². The van der Waals surface area contributed by atoms with E-state index >= 15 is 0 Å². The molecule has 0 fully saturated rings. The molecule has 1 aromatic carbocycles. The van der Waals surface area contributed by atoms with Crippen molar-refractivity contribution in [3.05, 3.63) is 40.1 Å². The van der Waals surface area contributed by atoms with Crippen molar-refractivity contribution >= 4 is 28.9 Å². The summed E-state index contributed by atoms with van der Waals surface area (Å²) in [4.78, 5) is 0. The summed E-state index contributed by atoms with van der Waals surface area (Å²) in [6, 6.07) is 4.98. The second-order valence-corrected chi connectivity index (χ2v) is 5.54. The van der Waals surface area contributed by atoms with Crippen LogP contribution in [0, 0.1) is 6.92 Å². The minimum atomic E-state index is -0.654. The lowest BCUT2D eigenvalue weighted by atomic mass is 10.3. The fraction of sp³-hybridized carbons (Fsp3) is 0.357. The average molecular weight is 330 g/mol. The van der Waals surface area contributed by atoms with Gasteiger partial charge in [-0.2, -0.15) is 5.10 Å². The van der Waals surface area contributed by atoms with Crippen molar-refractivity contribution in [2.24, 2.45) is 7.05 Å². The standard InChI is InChI=1S/C14H17Cl2N3O2/c1-9-14(7-19(2)18-9)17-6-10(20)8-21-11-3-4-12(15)13(16)5-11/h3-5,7,10,17,20H,6,8H2,1-2H3. The Kier molecular flexibility index (Phi) is 5.33. The van der Waals surface area contributed by atoms with Crippen LogP contribution in [0.25, 0.3) is 0 Å². The van der Waals surface area contributed by atoms with E-state index in [4.69, 9.17) is 27.9 Å². The van der Waals surface area contributed by atoms with Gasteiger partial charge in [0, 0.05) is 25.9 Å². The first kappa shape index (κ1) is 15.9. The molecule has 5 nitrogen and oxygen atoms in total. The Morgan fingerprint density at radius 1 is 1.38 bits per heavy atom. The molecule has 0 saturated carbocycles. The second kappa shape index (κ2) is 7.02. The number of aliphatic hydroxyl groups excluding tert-OH is 1. The maximum absolute atomic E-state index is 9.92. The zero-order valence-electron chi connectivity index (χ0n) is 11.8. The van der Waals surface area contributed by atoms with Crippen LogP contribution in [-0.2, 0) is 7.05 Å². The van der Waals surface area contributed by atoms with Gasteiger partial charge in [0.05, 0.1) is 21.4 Å². The summed E-state index contributed by atoms with van der Waals surface area (Å²) in [5.74, 6) is 0.570. The lowest BCUT2D eigenvalue weighted by Crippen LogP contribution is -2.26. The van der Waals surface area contributed by atoms with Gasteiger partial charge in [-0.3, -0.25) is 4.68 Å². The Hall–Kier alpha value is -1.43. The van der Waals surface area contributed by atoms with E-state index in [1.807, 2.05) is 20.2 Å². The Morgan fingerprint density at radius 3 is 2.76 bits per heavy atom. The van der Waals surface area contributed by atoms with E-state index in [1.165, 1.54) is 0 Å². The molecule has 0 aliphatic rings. The molecule has 0 spiro atoms. The lowest BCUT2D eigenvalue weighted by molar-refractivity contribution is 0.117. The first-order valence-electron chi connectivity index (χ1n) is 6.45. The fourth-order valence-electron chi connectivity index (χ4n) is 1.82. The van der Waals surface area contributed by atoms with Gasteiger partial charge >= 0.3 is 0 Å². The Bertz CT molecular complexity index is 616. The highest BCUT2D eigenvalue weighted by molar-refractivity contribution is 6.42. The Labute approximate surface area is 133 Å². The van der Waals surface area contributed by atoms with Gasteiger partial charge in [-0.25, -0.2) is 0 Å². The summed E-state index contributed by atoms with van der Waals surface area (Å²) < 4.78 is 7.19. The van der Waals surface area contributed by atoms with E-state index in [2.05, 4.69) is 10.4 Å². The quantitative estimate of drug-likeness (QED) is 0.855. The van der Waals surface area contributed by atoms with E-state index in [0.29, 0.717) is 22.3 Å². The maximum atomic E-state index is 9.92. The first-order valence-corrected chi connectivity index (χ1v) is 7.21. The van der Waals surface area contributed by atoms with E-state index in [0.717, 1.165) is 11.4 Å². The zero-order chi connectivity index (χ0) is 15.4. The maximum Gasteiger partial charge on any atom is 0.121 e. The molecule has 2 aromatic rings. The number of aryl methyl sites for hydroxylation is 2. The smallest absolute Gasteiger partial charge is 0.121 e. The number of aliphatic hydroxyl groups is 1. The summed E-state index contributed by atoms with van der Waals surface area (Å²) in [5.41, 5.74) is 1.78. The van der Waals surface area contributed by atoms with Crippen molar-refractivity contribution in [2.45, 2.75) is 13.0 Å². The van der Waals surface area contributed by atoms with E-state index in [-0.39, 0.29) is 6.61 Å². The summed E-state index contributed by atoms with van der Waals surface area (Å²) in [7, 11) is 1.85. The summed E-state index contributed by atoms with van der Waals surface area (Å²) in [5, 5.41) is 18.2. The SMILES string of the molecule is Cc1nn(C)cc1NCC(O)COc1ccc(Cl)c(Cl)c1. The number of hydrogen-bond donors (Lipinski definition) is 2. The number of anilines is 1. The second-order valence-electron chi connectivity index (χ2n) is 4.72. The molecule has 0 saturated heterocycles. The van der Waals surface area contributed by atoms with Crippen molar-refractivity contribution < 1.29 is 9.84 Å². The van der Waals surface area contributed by atoms with Crippen LogP contribution in [0.1, 0.15) is 5.69 Å². The summed E-state index contributed by atoms with van der Waals surface area (Å²) in [6.45, 7) is 2.43. The molecule has 0 bridgehead atoms. The number of ether oxygens (including phenoxy) is 1. The van der Waals surface area contributed by atoms with Crippen LogP contribution in [0.3, 0.4) is 0 Å². The molecule has 114 valence electrons. The van der Waals surface area contributed by atoms with Gasteiger partial charge in [0.1, 0.15) is 18.5 Å². The topological polar surface area (TPSA) is 59.3 Å². The van der Waals surface area contributed by atoms with Gasteiger partial charge in [0.25, 0.3) is 0 Å². The van der Waals surface area contributed by atoms with Gasteiger partial charge in [-0.15, -0.1) is 0 Å². The van der Waals surface area contributed by atoms with Crippen LogP contribution < -0.4 is 10.1 Å². The highest BCUT2D eigenvalue weighted by atomic mass is 35.5. The first-order chi connectivity index (χ1) is 9.95. The number of nitrogens with one attached hydrogen (secondary N) is 1. The van der Waals surface area contributed by atoms with Crippen LogP contribution in [-0.4, -0.2) is 34.1 Å². The summed E-state index contributed by atoms with van der Waals surface area (Å²) in [6.07, 6.45) is 1.21. The number of aromatic nitrogens is 2. The number of nitrogens with zero attached hydrogens (tertiary/aromatic N) is 2. The van der Waals surface area contributed by atoms with Crippen molar-refractivity contribution in [2.75, 3.05) is 18.5 Å². The third-order valence-electron chi connectivity index (χ3n) is 2.88. The number of rotatable bonds is 6. The van der Waals surface area contributed by atoms with Crippen molar-refractivity contribution in [1.29, 1.82) is 0 Å². The van der Waals surface area contributed by atoms with Gasteiger partial charge in [-0.05, 0) is 19.1 Å². The molecule has 0 amide bonds. The van der Waals surface area contributed by atoms with Crippen molar-refractivity contribution in [3.63, 3.8) is 0 Å². The minimum absolute atomic E-state index is 0.157. The fourth-order valence-corrected chi connectivity index (χ4v) is 2.11. The molecule has 2 N–H and O–H groups in total. The Morgan fingerprint density at radius 2 is 2.14 bits per heavy atom. The predicted molar refractivity (Wildman–Crippen MR) is 84.4 cm³/mol. The molecule has 21 heavy (non-hydrogen) atoms. The third kappa shape index (κ3) is 4.52. The number of halogens is 2. The molecule has 1 heterocycles. The molecule has 1 aromatic heterocycles. The molecular weight excluding hydrogens is 313 g/mol. The van der Waals surface area contributed by atoms with Gasteiger partial charge in [0.15, 0.2) is 0 Å². The predicted octanol–water partition coefficient (Wildman–Crippen LogP) is 2.89. The van der Waals surface area contributed by atoms with Gasteiger partial charge < -0.3 is 15.2 Å². The average Bonchev–Trinajstić information content (AvgIpc) is 2.76. The van der Waals surface area contributed by atoms with Crippen LogP contribution in [0.15, 0.2) is 24.4 Å². The molecule has 2 rings (SSSR count). The molecule has 1 unspecified atom stereocenters. The normalized spacial score (nSPS) is 12.2. The zero-order valence-corrected chi connectivity index (χ0v) is 13.3. The molecular formula is C14H17Cl2N3O2. The van der Waals surface area contributed by atoms with Crippen LogP contribution >= 0.6 is 23.2 Å². The highest BCUT2D eigenvalue weighted by Gasteiger charge is 2.09. The van der Waals surface area contributed by atoms with Crippen LogP contribution in [0.5, 0.6) is 5.75 Å². The van der Waals surface area contributed by atoms with Gasteiger partial charge in [-0.1, -0.05) is 23.2 Å². The van der Waals surface area contributed by atoms with Crippen LogP contribution in [0.2, 0.25) is 10.0 Å². The molecule has 1 atom stereocenters. The lowest BCUT2D eigenvalue weighted by Gasteiger charge is -2.14. The van der Waals surface area contributed by atoms with Crippen LogP contribution in [0.4, 0.5) is 5.69 Å².